The number of likely N-dealkylation sites (tertiary alicyclic amines) is 1. The molecule has 4 rings (SSSR count). The predicted molar refractivity (Wildman–Crippen MR) is 122 cm³/mol. The van der Waals surface area contributed by atoms with Crippen molar-refractivity contribution >= 4 is 33.6 Å². The maximum atomic E-state index is 12.8. The lowest BCUT2D eigenvalue weighted by Crippen LogP contribution is -2.28. The van der Waals surface area contributed by atoms with Crippen LogP contribution in [-0.4, -0.2) is 31.0 Å². The van der Waals surface area contributed by atoms with Gasteiger partial charge in [-0.2, -0.15) is 0 Å². The summed E-state index contributed by atoms with van der Waals surface area (Å²) in [5.41, 5.74) is 3.68. The Balaban J connectivity index is 1.78. The Morgan fingerprint density at radius 1 is 1.17 bits per heavy atom. The molecule has 1 aromatic carbocycles. The van der Waals surface area contributed by atoms with Crippen molar-refractivity contribution in [3.63, 3.8) is 0 Å². The van der Waals surface area contributed by atoms with Gasteiger partial charge in [0.15, 0.2) is 0 Å². The molecule has 152 valence electrons. The number of amides is 1. The van der Waals surface area contributed by atoms with Gasteiger partial charge >= 0.3 is 0 Å². The molecule has 1 saturated heterocycles. The van der Waals surface area contributed by atoms with Gasteiger partial charge in [-0.1, -0.05) is 18.2 Å². The molecule has 1 atom stereocenters. The summed E-state index contributed by atoms with van der Waals surface area (Å²) >= 11 is 3.14. The first-order valence-corrected chi connectivity index (χ1v) is 11.6. The van der Waals surface area contributed by atoms with Crippen LogP contribution in [0.4, 0.5) is 5.00 Å². The number of rotatable bonds is 6. The Hall–Kier alpha value is -2.15. The summed E-state index contributed by atoms with van der Waals surface area (Å²) in [6, 6.07) is 12.2. The second kappa shape index (κ2) is 8.69. The van der Waals surface area contributed by atoms with E-state index in [-0.39, 0.29) is 11.9 Å². The first-order valence-electron chi connectivity index (χ1n) is 9.91. The summed E-state index contributed by atoms with van der Waals surface area (Å²) in [7, 11) is 1.71. The normalized spacial score (nSPS) is 15.4. The first kappa shape index (κ1) is 20.1. The number of hydrogen-bond acceptors (Lipinski definition) is 5. The zero-order valence-electron chi connectivity index (χ0n) is 17.0. The van der Waals surface area contributed by atoms with E-state index in [1.807, 2.05) is 23.6 Å². The predicted octanol–water partition coefficient (Wildman–Crippen LogP) is 5.87. The second-order valence-corrected chi connectivity index (χ2v) is 9.55. The van der Waals surface area contributed by atoms with E-state index in [1.54, 1.807) is 18.4 Å². The maximum Gasteiger partial charge on any atom is 0.266 e. The van der Waals surface area contributed by atoms with Crippen LogP contribution in [-0.2, 0) is 0 Å². The topological polar surface area (TPSA) is 41.6 Å². The van der Waals surface area contributed by atoms with Gasteiger partial charge in [-0.05, 0) is 74.5 Å². The fourth-order valence-corrected chi connectivity index (χ4v) is 5.72. The van der Waals surface area contributed by atoms with Crippen LogP contribution in [0.1, 0.15) is 50.1 Å². The molecule has 1 N–H and O–H groups in total. The molecule has 0 spiro atoms. The highest BCUT2D eigenvalue weighted by Crippen LogP contribution is 2.43. The van der Waals surface area contributed by atoms with Crippen molar-refractivity contribution in [2.24, 2.45) is 0 Å². The summed E-state index contributed by atoms with van der Waals surface area (Å²) in [6.07, 6.45) is 2.42. The van der Waals surface area contributed by atoms with Gasteiger partial charge < -0.3 is 10.1 Å². The first-order chi connectivity index (χ1) is 14.1. The van der Waals surface area contributed by atoms with Crippen molar-refractivity contribution in [2.75, 3.05) is 25.5 Å². The number of aryl methyl sites for hydroxylation is 1. The Labute approximate surface area is 180 Å². The fourth-order valence-electron chi connectivity index (χ4n) is 4.01. The number of nitrogens with one attached hydrogen (secondary N) is 1. The van der Waals surface area contributed by atoms with Gasteiger partial charge in [-0.3, -0.25) is 9.69 Å². The van der Waals surface area contributed by atoms with Gasteiger partial charge in [0.1, 0.15) is 10.8 Å². The van der Waals surface area contributed by atoms with Crippen molar-refractivity contribution in [3.8, 4) is 5.75 Å². The smallest absolute Gasteiger partial charge is 0.266 e. The number of hydrogen-bond donors (Lipinski definition) is 1. The SMILES string of the molecule is COc1cccc([C@@H](c2c(NC(=O)c3cccs3)sc(C)c2C)N2CCCC2)c1. The molecule has 29 heavy (non-hydrogen) atoms. The molecule has 0 aliphatic carbocycles. The summed E-state index contributed by atoms with van der Waals surface area (Å²) in [5, 5.41) is 6.10. The number of carbonyl (C=O) groups is 1. The molecule has 0 saturated carbocycles. The monoisotopic (exact) mass is 426 g/mol. The second-order valence-electron chi connectivity index (χ2n) is 7.38. The van der Waals surface area contributed by atoms with Crippen LogP contribution < -0.4 is 10.1 Å². The molecule has 0 radical (unpaired) electrons. The van der Waals surface area contributed by atoms with Crippen LogP contribution in [0.5, 0.6) is 5.75 Å². The van der Waals surface area contributed by atoms with E-state index in [9.17, 15) is 4.79 Å². The number of carbonyl (C=O) groups excluding carboxylic acids is 1. The van der Waals surface area contributed by atoms with Gasteiger partial charge in [-0.25, -0.2) is 0 Å². The quantitative estimate of drug-likeness (QED) is 0.536. The molecule has 0 bridgehead atoms. The van der Waals surface area contributed by atoms with Crippen molar-refractivity contribution in [1.82, 2.24) is 4.90 Å². The Morgan fingerprint density at radius 3 is 2.66 bits per heavy atom. The number of thiophene rings is 2. The molecule has 1 aliphatic heterocycles. The molecule has 1 fully saturated rings. The molecule has 4 nitrogen and oxygen atoms in total. The minimum atomic E-state index is -0.0340. The van der Waals surface area contributed by atoms with Gasteiger partial charge in [0.25, 0.3) is 5.91 Å². The zero-order chi connectivity index (χ0) is 20.4. The van der Waals surface area contributed by atoms with Crippen LogP contribution in [0.25, 0.3) is 0 Å². The third-order valence-electron chi connectivity index (χ3n) is 5.59. The third-order valence-corrected chi connectivity index (χ3v) is 7.60. The van der Waals surface area contributed by atoms with E-state index in [2.05, 4.69) is 42.3 Å². The number of ether oxygens (including phenoxy) is 1. The largest absolute Gasteiger partial charge is 0.497 e. The summed E-state index contributed by atoms with van der Waals surface area (Å²) < 4.78 is 5.50. The molecule has 3 aromatic rings. The Morgan fingerprint density at radius 2 is 1.97 bits per heavy atom. The maximum absolute atomic E-state index is 12.8. The molecule has 6 heteroatoms. The van der Waals surface area contributed by atoms with E-state index >= 15 is 0 Å². The lowest BCUT2D eigenvalue weighted by molar-refractivity contribution is 0.103. The lowest BCUT2D eigenvalue weighted by atomic mass is 9.95. The van der Waals surface area contributed by atoms with Gasteiger partial charge in [0.05, 0.1) is 18.0 Å². The summed E-state index contributed by atoms with van der Waals surface area (Å²) in [5.74, 6) is 0.828. The number of nitrogens with zero attached hydrogens (tertiary/aromatic N) is 1. The van der Waals surface area contributed by atoms with Gasteiger partial charge in [0, 0.05) is 10.4 Å². The van der Waals surface area contributed by atoms with E-state index in [0.717, 1.165) is 28.7 Å². The van der Waals surface area contributed by atoms with Crippen LogP contribution in [0.3, 0.4) is 0 Å². The number of methoxy groups -OCH3 is 1. The number of benzene rings is 1. The minimum absolute atomic E-state index is 0.0340. The molecule has 2 aromatic heterocycles. The van der Waals surface area contributed by atoms with Gasteiger partial charge in [0.2, 0.25) is 0 Å². The van der Waals surface area contributed by atoms with Crippen LogP contribution >= 0.6 is 22.7 Å². The fraction of sp³-hybridized carbons (Fsp3) is 0.348. The van der Waals surface area contributed by atoms with E-state index in [0.29, 0.717) is 0 Å². The van der Waals surface area contributed by atoms with Gasteiger partial charge in [-0.15, -0.1) is 22.7 Å². The van der Waals surface area contributed by atoms with Crippen molar-refractivity contribution < 1.29 is 9.53 Å². The molecule has 1 aliphatic rings. The molecule has 3 heterocycles. The summed E-state index contributed by atoms with van der Waals surface area (Å²) in [6.45, 7) is 6.44. The molecule has 1 amide bonds. The van der Waals surface area contributed by atoms with Crippen molar-refractivity contribution in [3.05, 3.63) is 68.2 Å². The summed E-state index contributed by atoms with van der Waals surface area (Å²) in [4.78, 5) is 17.3. The highest BCUT2D eigenvalue weighted by molar-refractivity contribution is 7.17. The highest BCUT2D eigenvalue weighted by Gasteiger charge is 2.31. The van der Waals surface area contributed by atoms with Crippen LogP contribution in [0.15, 0.2) is 41.8 Å². The zero-order valence-corrected chi connectivity index (χ0v) is 18.7. The van der Waals surface area contributed by atoms with Crippen LogP contribution in [0, 0.1) is 13.8 Å². The molecule has 0 unspecified atom stereocenters. The van der Waals surface area contributed by atoms with Crippen LogP contribution in [0.2, 0.25) is 0 Å². The number of anilines is 1. The Bertz CT molecular complexity index is 988. The lowest BCUT2D eigenvalue weighted by Gasteiger charge is -2.30. The standard InChI is InChI=1S/C23H26N2O2S2/c1-15-16(2)29-23(24-22(26)19-10-7-13-28-19)20(15)21(25-11-4-5-12-25)17-8-6-9-18(14-17)27-3/h6-10,13-14,21H,4-5,11-12H2,1-3H3,(H,24,26)/t21-/m0/s1. The Kier molecular flexibility index (Phi) is 6.04. The van der Waals surface area contributed by atoms with E-state index in [1.165, 1.54) is 45.7 Å². The molecular weight excluding hydrogens is 400 g/mol. The average Bonchev–Trinajstić information content (AvgIpc) is 3.48. The highest BCUT2D eigenvalue weighted by atomic mass is 32.1. The molecular formula is C23H26N2O2S2. The minimum Gasteiger partial charge on any atom is -0.497 e. The van der Waals surface area contributed by atoms with Crippen molar-refractivity contribution in [1.29, 1.82) is 0 Å². The average molecular weight is 427 g/mol. The third kappa shape index (κ3) is 4.10. The van der Waals surface area contributed by atoms with Crippen molar-refractivity contribution in [2.45, 2.75) is 32.7 Å². The van der Waals surface area contributed by atoms with E-state index < -0.39 is 0 Å². The van der Waals surface area contributed by atoms with E-state index in [4.69, 9.17) is 4.74 Å².